The number of halogens is 2. The lowest BCUT2D eigenvalue weighted by Gasteiger charge is -2.37. The topological polar surface area (TPSA) is 26.0 Å². The standard InChI is InChI=1S/C13H17F2N/c14-10-4-5-12(15)11(8-10)13(9-16)6-2-1-3-7-13/h4-5,8H,1-3,6-7,9,16H2. The predicted octanol–water partition coefficient (Wildman–Crippen LogP) is 3.13. The molecular formula is C13H17F2N. The zero-order valence-corrected chi connectivity index (χ0v) is 9.31. The normalized spacial score (nSPS) is 19.7. The van der Waals surface area contributed by atoms with Gasteiger partial charge >= 0.3 is 0 Å². The van der Waals surface area contributed by atoms with Crippen LogP contribution < -0.4 is 5.73 Å². The van der Waals surface area contributed by atoms with Crippen LogP contribution in [0.5, 0.6) is 0 Å². The molecule has 1 aliphatic rings. The molecule has 88 valence electrons. The Hall–Kier alpha value is -0.960. The molecule has 1 fully saturated rings. The quantitative estimate of drug-likeness (QED) is 0.822. The molecule has 0 atom stereocenters. The fourth-order valence-corrected chi connectivity index (χ4v) is 2.72. The number of nitrogens with two attached hydrogens (primary N) is 1. The number of hydrogen-bond donors (Lipinski definition) is 1. The highest BCUT2D eigenvalue weighted by Gasteiger charge is 2.34. The molecule has 3 heteroatoms. The summed E-state index contributed by atoms with van der Waals surface area (Å²) in [6, 6.07) is 3.68. The molecule has 1 saturated carbocycles. The second-order valence-corrected chi connectivity index (χ2v) is 4.67. The number of benzene rings is 1. The van der Waals surface area contributed by atoms with E-state index in [-0.39, 0.29) is 17.0 Å². The van der Waals surface area contributed by atoms with E-state index in [0.717, 1.165) is 31.7 Å². The molecule has 1 aliphatic carbocycles. The van der Waals surface area contributed by atoms with Gasteiger partial charge in [0, 0.05) is 12.0 Å². The van der Waals surface area contributed by atoms with Gasteiger partial charge in [-0.05, 0) is 36.6 Å². The summed E-state index contributed by atoms with van der Waals surface area (Å²) >= 11 is 0. The first kappa shape index (κ1) is 11.5. The minimum atomic E-state index is -0.380. The molecular weight excluding hydrogens is 208 g/mol. The monoisotopic (exact) mass is 225 g/mol. The van der Waals surface area contributed by atoms with Crippen molar-refractivity contribution in [2.75, 3.05) is 6.54 Å². The first-order valence-corrected chi connectivity index (χ1v) is 5.83. The van der Waals surface area contributed by atoms with Crippen LogP contribution >= 0.6 is 0 Å². The van der Waals surface area contributed by atoms with Crippen LogP contribution in [-0.2, 0) is 5.41 Å². The van der Waals surface area contributed by atoms with E-state index in [2.05, 4.69) is 0 Å². The summed E-state index contributed by atoms with van der Waals surface area (Å²) in [5.74, 6) is -0.705. The van der Waals surface area contributed by atoms with Crippen LogP contribution in [-0.4, -0.2) is 6.54 Å². The molecule has 2 rings (SSSR count). The third-order valence-electron chi connectivity index (χ3n) is 3.70. The zero-order valence-electron chi connectivity index (χ0n) is 9.31. The minimum absolute atomic E-state index is 0.325. The van der Waals surface area contributed by atoms with E-state index in [0.29, 0.717) is 12.1 Å². The molecule has 1 aromatic rings. The maximum Gasteiger partial charge on any atom is 0.127 e. The Labute approximate surface area is 94.7 Å². The number of rotatable bonds is 2. The van der Waals surface area contributed by atoms with E-state index in [1.165, 1.54) is 18.6 Å². The van der Waals surface area contributed by atoms with Crippen molar-refractivity contribution in [2.45, 2.75) is 37.5 Å². The van der Waals surface area contributed by atoms with Gasteiger partial charge in [0.2, 0.25) is 0 Å². The van der Waals surface area contributed by atoms with Crippen molar-refractivity contribution in [3.05, 3.63) is 35.4 Å². The van der Waals surface area contributed by atoms with Gasteiger partial charge in [-0.15, -0.1) is 0 Å². The molecule has 0 bridgehead atoms. The highest BCUT2D eigenvalue weighted by atomic mass is 19.1. The summed E-state index contributed by atoms with van der Waals surface area (Å²) in [5, 5.41) is 0. The largest absolute Gasteiger partial charge is 0.330 e. The van der Waals surface area contributed by atoms with Gasteiger partial charge in [0.15, 0.2) is 0 Å². The van der Waals surface area contributed by atoms with E-state index in [1.54, 1.807) is 0 Å². The van der Waals surface area contributed by atoms with E-state index < -0.39 is 0 Å². The third kappa shape index (κ3) is 1.96. The first-order valence-electron chi connectivity index (χ1n) is 5.83. The van der Waals surface area contributed by atoms with Gasteiger partial charge in [0.1, 0.15) is 11.6 Å². The van der Waals surface area contributed by atoms with Gasteiger partial charge < -0.3 is 5.73 Å². The lowest BCUT2D eigenvalue weighted by atomic mass is 9.69. The van der Waals surface area contributed by atoms with Crippen LogP contribution in [0.4, 0.5) is 8.78 Å². The Kier molecular flexibility index (Phi) is 3.24. The molecule has 1 aromatic carbocycles. The summed E-state index contributed by atoms with van der Waals surface area (Å²) in [6.45, 7) is 0.396. The summed E-state index contributed by atoms with van der Waals surface area (Å²) in [7, 11) is 0. The summed E-state index contributed by atoms with van der Waals surface area (Å²) < 4.78 is 27.0. The van der Waals surface area contributed by atoms with Crippen molar-refractivity contribution in [2.24, 2.45) is 5.73 Å². The summed E-state index contributed by atoms with van der Waals surface area (Å²) in [6.07, 6.45) is 4.99. The molecule has 0 unspecified atom stereocenters. The van der Waals surface area contributed by atoms with Crippen molar-refractivity contribution in [3.8, 4) is 0 Å². The Bertz CT molecular complexity index is 370. The van der Waals surface area contributed by atoms with E-state index in [1.807, 2.05) is 0 Å². The molecule has 0 heterocycles. The molecule has 0 spiro atoms. The molecule has 0 aromatic heterocycles. The lowest BCUT2D eigenvalue weighted by Crippen LogP contribution is -2.38. The average molecular weight is 225 g/mol. The second kappa shape index (κ2) is 4.50. The van der Waals surface area contributed by atoms with Crippen molar-refractivity contribution in [1.82, 2.24) is 0 Å². The van der Waals surface area contributed by atoms with Crippen molar-refractivity contribution in [1.29, 1.82) is 0 Å². The third-order valence-corrected chi connectivity index (χ3v) is 3.70. The Balaban J connectivity index is 2.42. The van der Waals surface area contributed by atoms with Gasteiger partial charge in [-0.2, -0.15) is 0 Å². The Morgan fingerprint density at radius 3 is 2.44 bits per heavy atom. The molecule has 0 amide bonds. The fourth-order valence-electron chi connectivity index (χ4n) is 2.72. The molecule has 0 radical (unpaired) electrons. The highest BCUT2D eigenvalue weighted by molar-refractivity contribution is 5.29. The van der Waals surface area contributed by atoms with Crippen LogP contribution in [0.25, 0.3) is 0 Å². The SMILES string of the molecule is NCC1(c2cc(F)ccc2F)CCCCC1. The highest BCUT2D eigenvalue weighted by Crippen LogP contribution is 2.39. The van der Waals surface area contributed by atoms with Gasteiger partial charge in [-0.3, -0.25) is 0 Å². The van der Waals surface area contributed by atoms with E-state index >= 15 is 0 Å². The summed E-state index contributed by atoms with van der Waals surface area (Å²) in [4.78, 5) is 0. The lowest BCUT2D eigenvalue weighted by molar-refractivity contribution is 0.290. The van der Waals surface area contributed by atoms with Gasteiger partial charge in [-0.1, -0.05) is 19.3 Å². The van der Waals surface area contributed by atoms with Gasteiger partial charge in [0.25, 0.3) is 0 Å². The molecule has 0 saturated heterocycles. The van der Waals surface area contributed by atoms with Gasteiger partial charge in [-0.25, -0.2) is 8.78 Å². The molecule has 0 aliphatic heterocycles. The average Bonchev–Trinajstić information content (AvgIpc) is 2.33. The first-order chi connectivity index (χ1) is 7.68. The fraction of sp³-hybridized carbons (Fsp3) is 0.538. The van der Waals surface area contributed by atoms with E-state index in [9.17, 15) is 8.78 Å². The van der Waals surface area contributed by atoms with E-state index in [4.69, 9.17) is 5.73 Å². The van der Waals surface area contributed by atoms with Crippen molar-refractivity contribution in [3.63, 3.8) is 0 Å². The van der Waals surface area contributed by atoms with Crippen LogP contribution in [0.2, 0.25) is 0 Å². The Morgan fingerprint density at radius 1 is 1.12 bits per heavy atom. The van der Waals surface area contributed by atoms with Gasteiger partial charge in [0.05, 0.1) is 0 Å². The molecule has 2 N–H and O–H groups in total. The van der Waals surface area contributed by atoms with Crippen LogP contribution in [0.15, 0.2) is 18.2 Å². The maximum absolute atomic E-state index is 13.8. The van der Waals surface area contributed by atoms with Crippen molar-refractivity contribution >= 4 is 0 Å². The van der Waals surface area contributed by atoms with Crippen LogP contribution in [0.3, 0.4) is 0 Å². The smallest absolute Gasteiger partial charge is 0.127 e. The number of hydrogen-bond acceptors (Lipinski definition) is 1. The van der Waals surface area contributed by atoms with Crippen molar-refractivity contribution < 1.29 is 8.78 Å². The molecule has 1 nitrogen and oxygen atoms in total. The van der Waals surface area contributed by atoms with Crippen LogP contribution in [0.1, 0.15) is 37.7 Å². The zero-order chi connectivity index (χ0) is 11.6. The van der Waals surface area contributed by atoms with Crippen LogP contribution in [0, 0.1) is 11.6 Å². The molecule has 16 heavy (non-hydrogen) atoms. The maximum atomic E-state index is 13.8. The predicted molar refractivity (Wildman–Crippen MR) is 60.2 cm³/mol. The second-order valence-electron chi connectivity index (χ2n) is 4.67. The summed E-state index contributed by atoms with van der Waals surface area (Å²) in [5.41, 5.74) is 5.92. The minimum Gasteiger partial charge on any atom is -0.330 e. The Morgan fingerprint density at radius 2 is 1.81 bits per heavy atom.